The average Bonchev–Trinajstić information content (AvgIpc) is 2.91. The third-order valence-electron chi connectivity index (χ3n) is 7.26. The van der Waals surface area contributed by atoms with Gasteiger partial charge >= 0.3 is 5.97 Å². The van der Waals surface area contributed by atoms with E-state index in [2.05, 4.69) is 5.32 Å². The van der Waals surface area contributed by atoms with Crippen LogP contribution in [0.15, 0.2) is 65.0 Å². The molecule has 1 aliphatic heterocycles. The van der Waals surface area contributed by atoms with Gasteiger partial charge in [-0.25, -0.2) is 4.79 Å². The molecule has 37 heavy (non-hydrogen) atoms. The van der Waals surface area contributed by atoms with Gasteiger partial charge in [-0.2, -0.15) is 0 Å². The topological polar surface area (TPSA) is 83.1 Å². The van der Waals surface area contributed by atoms with E-state index in [0.717, 1.165) is 22.6 Å². The smallest absolute Gasteiger partial charge is 0.337 e. The molecule has 0 bridgehead atoms. The summed E-state index contributed by atoms with van der Waals surface area (Å²) in [6.07, 6.45) is 1.46. The van der Waals surface area contributed by atoms with Gasteiger partial charge in [0.15, 0.2) is 17.3 Å². The molecule has 1 heterocycles. The number of benzene rings is 2. The van der Waals surface area contributed by atoms with Gasteiger partial charge < -0.3 is 24.3 Å². The highest BCUT2D eigenvalue weighted by atomic mass is 16.5. The molecule has 0 spiro atoms. The first kappa shape index (κ1) is 26.3. The molecule has 0 saturated heterocycles. The van der Waals surface area contributed by atoms with Crippen LogP contribution < -0.4 is 19.5 Å². The standard InChI is InChI=1S/C30H35NO6/c1-7-17(2)37-30(33)27-18(3)31-23-14-21(19-8-11-22(34-4)12-9-19)15-24(32)29(23)28(27)20-10-13-25(35-5)26(16-20)36-6/h8-13,16-17,21,28,31H,7,14-15H2,1-6H3/t17-,21+,28+/m0/s1. The van der Waals surface area contributed by atoms with Crippen molar-refractivity contribution in [2.45, 2.75) is 58.0 Å². The number of ketones is 1. The van der Waals surface area contributed by atoms with Crippen LogP contribution in [0.25, 0.3) is 0 Å². The van der Waals surface area contributed by atoms with Crippen LogP contribution in [0, 0.1) is 0 Å². The second-order valence-electron chi connectivity index (χ2n) is 9.53. The van der Waals surface area contributed by atoms with E-state index in [9.17, 15) is 9.59 Å². The molecule has 0 unspecified atom stereocenters. The highest BCUT2D eigenvalue weighted by molar-refractivity contribution is 6.04. The van der Waals surface area contributed by atoms with E-state index in [1.807, 2.05) is 57.2 Å². The van der Waals surface area contributed by atoms with E-state index >= 15 is 0 Å². The molecule has 4 rings (SSSR count). The number of carbonyl (C=O) groups excluding carboxylic acids is 2. The minimum absolute atomic E-state index is 0.00990. The second kappa shape index (κ2) is 11.1. The summed E-state index contributed by atoms with van der Waals surface area (Å²) in [6.45, 7) is 5.70. The molecule has 0 amide bonds. The molecular weight excluding hydrogens is 470 g/mol. The molecular formula is C30H35NO6. The Morgan fingerprint density at radius 2 is 1.65 bits per heavy atom. The molecule has 196 valence electrons. The van der Waals surface area contributed by atoms with Crippen LogP contribution in [0.2, 0.25) is 0 Å². The van der Waals surface area contributed by atoms with Crippen LogP contribution in [-0.4, -0.2) is 39.2 Å². The zero-order valence-electron chi connectivity index (χ0n) is 22.3. The van der Waals surface area contributed by atoms with Gasteiger partial charge in [-0.05, 0) is 68.0 Å². The molecule has 7 heteroatoms. The summed E-state index contributed by atoms with van der Waals surface area (Å²) in [5.74, 6) is 0.930. The van der Waals surface area contributed by atoms with Gasteiger partial charge in [0.2, 0.25) is 0 Å². The van der Waals surface area contributed by atoms with E-state index in [1.54, 1.807) is 27.4 Å². The lowest BCUT2D eigenvalue weighted by Crippen LogP contribution is -2.36. The number of esters is 1. The fourth-order valence-corrected chi connectivity index (χ4v) is 5.12. The number of hydrogen-bond acceptors (Lipinski definition) is 7. The molecule has 0 aromatic heterocycles. The van der Waals surface area contributed by atoms with Crippen LogP contribution in [0.4, 0.5) is 0 Å². The van der Waals surface area contributed by atoms with Crippen molar-refractivity contribution in [1.29, 1.82) is 0 Å². The van der Waals surface area contributed by atoms with Gasteiger partial charge in [-0.1, -0.05) is 25.1 Å². The molecule has 0 fully saturated rings. The van der Waals surface area contributed by atoms with Gasteiger partial charge in [0, 0.05) is 29.3 Å². The molecule has 7 nitrogen and oxygen atoms in total. The van der Waals surface area contributed by atoms with Crippen molar-refractivity contribution >= 4 is 11.8 Å². The first-order valence-corrected chi connectivity index (χ1v) is 12.6. The number of carbonyl (C=O) groups is 2. The van der Waals surface area contributed by atoms with Crippen LogP contribution in [0.1, 0.15) is 63.0 Å². The van der Waals surface area contributed by atoms with Gasteiger partial charge in [-0.3, -0.25) is 4.79 Å². The summed E-state index contributed by atoms with van der Waals surface area (Å²) >= 11 is 0. The minimum atomic E-state index is -0.572. The maximum absolute atomic E-state index is 13.8. The second-order valence-corrected chi connectivity index (χ2v) is 9.53. The molecule has 1 aliphatic carbocycles. The SMILES string of the molecule is CC[C@H](C)OC(=O)C1=C(C)NC2=C(C(=O)C[C@H](c3ccc(OC)cc3)C2)[C@@H]1c1ccc(OC)c(OC)c1. The predicted octanol–water partition coefficient (Wildman–Crippen LogP) is 5.42. The third kappa shape index (κ3) is 5.22. The van der Waals surface area contributed by atoms with Gasteiger partial charge in [-0.15, -0.1) is 0 Å². The summed E-state index contributed by atoms with van der Waals surface area (Å²) < 4.78 is 22.0. The van der Waals surface area contributed by atoms with E-state index in [4.69, 9.17) is 18.9 Å². The lowest BCUT2D eigenvalue weighted by atomic mass is 9.71. The van der Waals surface area contributed by atoms with Crippen LogP contribution in [0.3, 0.4) is 0 Å². The lowest BCUT2D eigenvalue weighted by molar-refractivity contribution is -0.144. The zero-order valence-corrected chi connectivity index (χ0v) is 22.3. The molecule has 1 N–H and O–H groups in total. The Morgan fingerprint density at radius 1 is 0.973 bits per heavy atom. The normalized spacial score (nSPS) is 20.1. The summed E-state index contributed by atoms with van der Waals surface area (Å²) in [5.41, 5.74) is 4.44. The Labute approximate surface area is 218 Å². The lowest BCUT2D eigenvalue weighted by Gasteiger charge is -2.37. The van der Waals surface area contributed by atoms with Gasteiger partial charge in [0.25, 0.3) is 0 Å². The number of dihydropyridines is 1. The first-order valence-electron chi connectivity index (χ1n) is 12.6. The Morgan fingerprint density at radius 3 is 2.27 bits per heavy atom. The molecule has 2 aromatic carbocycles. The summed E-state index contributed by atoms with van der Waals surface area (Å²) in [6, 6.07) is 13.4. The molecule has 0 radical (unpaired) electrons. The van der Waals surface area contributed by atoms with Crippen LogP contribution in [-0.2, 0) is 14.3 Å². The van der Waals surface area contributed by atoms with Crippen molar-refractivity contribution in [3.63, 3.8) is 0 Å². The van der Waals surface area contributed by atoms with Crippen molar-refractivity contribution < 1.29 is 28.5 Å². The maximum Gasteiger partial charge on any atom is 0.337 e. The van der Waals surface area contributed by atoms with Crippen molar-refractivity contribution in [3.8, 4) is 17.2 Å². The summed E-state index contributed by atoms with van der Waals surface area (Å²) in [7, 11) is 4.78. The van der Waals surface area contributed by atoms with E-state index < -0.39 is 11.9 Å². The minimum Gasteiger partial charge on any atom is -0.497 e. The fourth-order valence-electron chi connectivity index (χ4n) is 5.12. The molecule has 0 saturated carbocycles. The van der Waals surface area contributed by atoms with Gasteiger partial charge in [0.05, 0.1) is 33.0 Å². The maximum atomic E-state index is 13.8. The van der Waals surface area contributed by atoms with Crippen LogP contribution in [0.5, 0.6) is 17.2 Å². The van der Waals surface area contributed by atoms with Crippen molar-refractivity contribution in [3.05, 3.63) is 76.1 Å². The molecule has 2 aromatic rings. The molecule has 3 atom stereocenters. The Hall–Kier alpha value is -3.74. The average molecular weight is 506 g/mol. The Balaban J connectivity index is 1.79. The van der Waals surface area contributed by atoms with Gasteiger partial charge in [0.1, 0.15) is 5.75 Å². The molecule has 2 aliphatic rings. The fraction of sp³-hybridized carbons (Fsp3) is 0.400. The number of ether oxygens (including phenoxy) is 4. The van der Waals surface area contributed by atoms with E-state index in [-0.39, 0.29) is 17.8 Å². The number of rotatable bonds is 8. The van der Waals surface area contributed by atoms with Crippen molar-refractivity contribution in [2.24, 2.45) is 0 Å². The van der Waals surface area contributed by atoms with Crippen molar-refractivity contribution in [2.75, 3.05) is 21.3 Å². The Bertz CT molecular complexity index is 1240. The number of nitrogens with one attached hydrogen (secondary N) is 1. The largest absolute Gasteiger partial charge is 0.497 e. The predicted molar refractivity (Wildman–Crippen MR) is 141 cm³/mol. The monoisotopic (exact) mass is 505 g/mol. The summed E-state index contributed by atoms with van der Waals surface area (Å²) in [4.78, 5) is 27.2. The highest BCUT2D eigenvalue weighted by Gasteiger charge is 2.42. The number of Topliss-reactive ketones (excluding diaryl/α,β-unsaturated/α-hetero) is 1. The first-order chi connectivity index (χ1) is 17.8. The quantitative estimate of drug-likeness (QED) is 0.480. The van der Waals surface area contributed by atoms with E-state index in [1.165, 1.54) is 0 Å². The number of hydrogen-bond donors (Lipinski definition) is 1. The number of allylic oxidation sites excluding steroid dienone is 3. The Kier molecular flexibility index (Phi) is 7.91. The van der Waals surface area contributed by atoms with Crippen molar-refractivity contribution in [1.82, 2.24) is 5.32 Å². The highest BCUT2D eigenvalue weighted by Crippen LogP contribution is 2.47. The van der Waals surface area contributed by atoms with E-state index in [0.29, 0.717) is 47.6 Å². The third-order valence-corrected chi connectivity index (χ3v) is 7.26. The zero-order chi connectivity index (χ0) is 26.7. The summed E-state index contributed by atoms with van der Waals surface area (Å²) in [5, 5.41) is 3.40. The van der Waals surface area contributed by atoms with Crippen LogP contribution >= 0.6 is 0 Å². The number of methoxy groups -OCH3 is 3.